The summed E-state index contributed by atoms with van der Waals surface area (Å²) in [6.45, 7) is 8.97. The van der Waals surface area contributed by atoms with E-state index in [1.54, 1.807) is 13.2 Å². The maximum Gasteiger partial charge on any atom is 0.126 e. The Kier molecular flexibility index (Phi) is 7.77. The van der Waals surface area contributed by atoms with Crippen LogP contribution in [0.25, 0.3) is 16.7 Å². The summed E-state index contributed by atoms with van der Waals surface area (Å²) in [6.07, 6.45) is 2.22. The number of fused-ring (bicyclic) bond motifs is 1. The van der Waals surface area contributed by atoms with Gasteiger partial charge in [-0.2, -0.15) is 0 Å². The Morgan fingerprint density at radius 1 is 0.825 bits per heavy atom. The Labute approximate surface area is 240 Å². The summed E-state index contributed by atoms with van der Waals surface area (Å²) in [5, 5.41) is 4.32. The highest BCUT2D eigenvalue weighted by Gasteiger charge is 2.27. The minimum Gasteiger partial charge on any atom is -0.496 e. The topological polar surface area (TPSA) is 39.7 Å². The van der Waals surface area contributed by atoms with E-state index >= 15 is 0 Å². The number of halogens is 2. The molecule has 6 heteroatoms. The maximum absolute atomic E-state index is 14.1. The van der Waals surface area contributed by atoms with Crippen molar-refractivity contribution >= 4 is 22.9 Å². The highest BCUT2D eigenvalue weighted by molar-refractivity contribution is 6.30. The number of anilines is 1. The van der Waals surface area contributed by atoms with Gasteiger partial charge in [-0.3, -0.25) is 0 Å². The standard InChI is InChI=1S/C34H33ClFNO3/c1-21-6-11-25(36)16-32(21)40-20-29-27(13-14-30-33(29)22(2)18-34(3,4)37-30)28-17-26(12-15-31(28)38-5)39-19-23-7-9-24(35)10-8-23/h6-18,37H,19-20H2,1-5H3. The largest absolute Gasteiger partial charge is 0.496 e. The second-order valence-corrected chi connectivity index (χ2v) is 11.1. The van der Waals surface area contributed by atoms with Crippen molar-refractivity contribution in [1.82, 2.24) is 0 Å². The summed E-state index contributed by atoms with van der Waals surface area (Å²) in [7, 11) is 1.66. The van der Waals surface area contributed by atoms with Crippen LogP contribution in [0.3, 0.4) is 0 Å². The Morgan fingerprint density at radius 2 is 1.60 bits per heavy atom. The van der Waals surface area contributed by atoms with Crippen LogP contribution < -0.4 is 19.5 Å². The fraction of sp³-hybridized carbons (Fsp3) is 0.235. The molecule has 1 heterocycles. The van der Waals surface area contributed by atoms with Crippen molar-refractivity contribution in [3.05, 3.63) is 112 Å². The quantitative estimate of drug-likeness (QED) is 0.234. The first-order chi connectivity index (χ1) is 19.1. The highest BCUT2D eigenvalue weighted by atomic mass is 35.5. The summed E-state index contributed by atoms with van der Waals surface area (Å²) in [5.41, 5.74) is 7.75. The van der Waals surface area contributed by atoms with E-state index in [2.05, 4.69) is 44.3 Å². The van der Waals surface area contributed by atoms with Gasteiger partial charge in [-0.05, 0) is 92.4 Å². The average Bonchev–Trinajstić information content (AvgIpc) is 2.92. The first kappa shape index (κ1) is 27.6. The molecule has 4 aromatic rings. The lowest BCUT2D eigenvalue weighted by Crippen LogP contribution is -2.32. The van der Waals surface area contributed by atoms with Crippen molar-refractivity contribution in [2.75, 3.05) is 12.4 Å². The number of rotatable bonds is 8. The third kappa shape index (κ3) is 5.95. The van der Waals surface area contributed by atoms with Gasteiger partial charge in [0.15, 0.2) is 0 Å². The highest BCUT2D eigenvalue weighted by Crippen LogP contribution is 2.44. The monoisotopic (exact) mass is 557 g/mol. The van der Waals surface area contributed by atoms with Gasteiger partial charge in [0.1, 0.15) is 36.3 Å². The molecule has 1 aliphatic heterocycles. The van der Waals surface area contributed by atoms with Gasteiger partial charge in [0.05, 0.1) is 12.6 Å². The van der Waals surface area contributed by atoms with E-state index in [1.807, 2.05) is 49.4 Å². The SMILES string of the molecule is COc1ccc(OCc2ccc(Cl)cc2)cc1-c1ccc2c(c1COc1cc(F)ccc1C)C(C)=CC(C)(C)N2. The molecule has 0 bridgehead atoms. The number of hydrogen-bond donors (Lipinski definition) is 1. The zero-order valence-electron chi connectivity index (χ0n) is 23.4. The summed E-state index contributed by atoms with van der Waals surface area (Å²) in [6, 6.07) is 22.2. The normalized spacial score (nSPS) is 13.6. The van der Waals surface area contributed by atoms with Crippen molar-refractivity contribution in [1.29, 1.82) is 0 Å². The van der Waals surface area contributed by atoms with Gasteiger partial charge in [0, 0.05) is 33.5 Å². The van der Waals surface area contributed by atoms with Crippen LogP contribution in [0.4, 0.5) is 10.1 Å². The molecular formula is C34H33ClFNO3. The molecule has 40 heavy (non-hydrogen) atoms. The number of allylic oxidation sites excluding steroid dienone is 1. The molecule has 206 valence electrons. The van der Waals surface area contributed by atoms with E-state index in [9.17, 15) is 4.39 Å². The smallest absolute Gasteiger partial charge is 0.126 e. The average molecular weight is 558 g/mol. The van der Waals surface area contributed by atoms with Crippen molar-refractivity contribution < 1.29 is 18.6 Å². The molecule has 0 aliphatic carbocycles. The zero-order chi connectivity index (χ0) is 28.4. The Hall–Kier alpha value is -3.96. The first-order valence-corrected chi connectivity index (χ1v) is 13.6. The van der Waals surface area contributed by atoms with E-state index in [0.717, 1.165) is 44.6 Å². The van der Waals surface area contributed by atoms with Crippen molar-refractivity contribution in [3.63, 3.8) is 0 Å². The molecular weight excluding hydrogens is 525 g/mol. The maximum atomic E-state index is 14.1. The molecule has 1 aliphatic rings. The van der Waals surface area contributed by atoms with E-state index < -0.39 is 0 Å². The molecule has 0 saturated carbocycles. The lowest BCUT2D eigenvalue weighted by molar-refractivity contribution is 0.302. The molecule has 1 N–H and O–H groups in total. The molecule has 5 rings (SSSR count). The molecule has 0 fully saturated rings. The third-order valence-electron chi connectivity index (χ3n) is 7.04. The number of aryl methyl sites for hydroxylation is 1. The van der Waals surface area contributed by atoms with Crippen LogP contribution in [-0.4, -0.2) is 12.6 Å². The summed E-state index contributed by atoms with van der Waals surface area (Å²) in [5.74, 6) is 1.61. The first-order valence-electron chi connectivity index (χ1n) is 13.2. The van der Waals surface area contributed by atoms with Crippen molar-refractivity contribution in [2.45, 2.75) is 46.4 Å². The summed E-state index contributed by atoms with van der Waals surface area (Å²) in [4.78, 5) is 0. The molecule has 0 unspecified atom stereocenters. The van der Waals surface area contributed by atoms with Gasteiger partial charge in [-0.25, -0.2) is 4.39 Å². The molecule has 4 nitrogen and oxygen atoms in total. The summed E-state index contributed by atoms with van der Waals surface area (Å²) < 4.78 is 32.3. The fourth-order valence-corrected chi connectivity index (χ4v) is 5.34. The van der Waals surface area contributed by atoms with Crippen LogP contribution in [0.5, 0.6) is 17.2 Å². The Morgan fingerprint density at radius 3 is 2.35 bits per heavy atom. The predicted molar refractivity (Wildman–Crippen MR) is 161 cm³/mol. The molecule has 0 radical (unpaired) electrons. The van der Waals surface area contributed by atoms with Gasteiger partial charge in [0.2, 0.25) is 0 Å². The number of hydrogen-bond acceptors (Lipinski definition) is 4. The zero-order valence-corrected chi connectivity index (χ0v) is 24.2. The van der Waals surface area contributed by atoms with Crippen molar-refractivity contribution in [3.8, 4) is 28.4 Å². The molecule has 0 aromatic heterocycles. The molecule has 0 saturated heterocycles. The van der Waals surface area contributed by atoms with E-state index in [1.165, 1.54) is 12.1 Å². The van der Waals surface area contributed by atoms with Crippen LogP contribution in [0.15, 0.2) is 78.9 Å². The van der Waals surface area contributed by atoms with Crippen LogP contribution in [0, 0.1) is 12.7 Å². The Bertz CT molecular complexity index is 1580. The van der Waals surface area contributed by atoms with E-state index in [0.29, 0.717) is 28.9 Å². The van der Waals surface area contributed by atoms with Crippen molar-refractivity contribution in [2.24, 2.45) is 0 Å². The molecule has 0 spiro atoms. The van der Waals surface area contributed by atoms with Crippen LogP contribution in [0.1, 0.15) is 43.0 Å². The van der Waals surface area contributed by atoms with Gasteiger partial charge in [-0.15, -0.1) is 0 Å². The number of ether oxygens (including phenoxy) is 3. The Balaban J connectivity index is 1.57. The molecule has 0 amide bonds. The summed E-state index contributed by atoms with van der Waals surface area (Å²) >= 11 is 6.03. The lowest BCUT2D eigenvalue weighted by Gasteiger charge is -2.33. The van der Waals surface area contributed by atoms with Crippen LogP contribution >= 0.6 is 11.6 Å². The number of benzene rings is 4. The number of methoxy groups -OCH3 is 1. The van der Waals surface area contributed by atoms with Gasteiger partial charge >= 0.3 is 0 Å². The minimum atomic E-state index is -0.331. The second kappa shape index (κ2) is 11.3. The predicted octanol–water partition coefficient (Wildman–Crippen LogP) is 9.23. The van der Waals surface area contributed by atoms with Gasteiger partial charge in [-0.1, -0.05) is 41.9 Å². The molecule has 0 atom stereocenters. The fourth-order valence-electron chi connectivity index (χ4n) is 5.22. The van der Waals surface area contributed by atoms with Gasteiger partial charge < -0.3 is 19.5 Å². The van der Waals surface area contributed by atoms with Crippen LogP contribution in [0.2, 0.25) is 5.02 Å². The van der Waals surface area contributed by atoms with E-state index in [4.69, 9.17) is 25.8 Å². The minimum absolute atomic E-state index is 0.191. The number of nitrogens with one attached hydrogen (secondary N) is 1. The third-order valence-corrected chi connectivity index (χ3v) is 7.30. The second-order valence-electron chi connectivity index (χ2n) is 10.7. The van der Waals surface area contributed by atoms with Gasteiger partial charge in [0.25, 0.3) is 0 Å². The van der Waals surface area contributed by atoms with E-state index in [-0.39, 0.29) is 18.0 Å². The lowest BCUT2D eigenvalue weighted by atomic mass is 9.85. The van der Waals surface area contributed by atoms with Crippen LogP contribution in [-0.2, 0) is 13.2 Å². The molecule has 4 aromatic carbocycles.